The lowest BCUT2D eigenvalue weighted by molar-refractivity contribution is -0.131. The van der Waals surface area contributed by atoms with Crippen LogP contribution in [0.3, 0.4) is 0 Å². The van der Waals surface area contributed by atoms with E-state index in [9.17, 15) is 24.2 Å². The van der Waals surface area contributed by atoms with Gasteiger partial charge in [0.25, 0.3) is 0 Å². The van der Waals surface area contributed by atoms with Gasteiger partial charge in [-0.1, -0.05) is 10.4 Å². The summed E-state index contributed by atoms with van der Waals surface area (Å²) < 4.78 is 5.05. The zero-order valence-electron chi connectivity index (χ0n) is 22.0. The molecule has 12 heteroatoms. The fourth-order valence-electron chi connectivity index (χ4n) is 3.10. The number of nitrogens with one attached hydrogen (secondary N) is 4. The third-order valence-corrected chi connectivity index (χ3v) is 6.40. The van der Waals surface area contributed by atoms with Crippen LogP contribution in [0, 0.1) is 15.7 Å². The molecule has 2 atom stereocenters. The highest BCUT2D eigenvalue weighted by molar-refractivity contribution is 5.80. The maximum atomic E-state index is 12.0. The van der Waals surface area contributed by atoms with E-state index < -0.39 is 17.0 Å². The lowest BCUT2D eigenvalue weighted by Gasteiger charge is -2.31. The second-order valence-corrected chi connectivity index (χ2v) is 9.91. The smallest absolute Gasteiger partial charge is 0.246 e. The molecule has 202 valence electrons. The second kappa shape index (κ2) is 17.2. The SMILES string of the molecule is CC(N=O)C(C)(C)NCCC(CCNC(=O)COCC(=O)NCC=O)CCNC(C)(C)C(C)N=O. The number of nitrogens with zero attached hydrogens (tertiary/aromatic N) is 2. The Morgan fingerprint density at radius 2 is 1.23 bits per heavy atom. The van der Waals surface area contributed by atoms with E-state index in [1.54, 1.807) is 13.8 Å². The van der Waals surface area contributed by atoms with Crippen molar-refractivity contribution >= 4 is 18.1 Å². The minimum atomic E-state index is -0.464. The van der Waals surface area contributed by atoms with E-state index in [1.807, 2.05) is 27.7 Å². The lowest BCUT2D eigenvalue weighted by atomic mass is 9.92. The van der Waals surface area contributed by atoms with Crippen molar-refractivity contribution in [2.45, 2.75) is 84.0 Å². The standard InChI is InChI=1S/C23H44N6O6/c1-17(28-33)22(3,4)26-11-8-19(9-12-27-23(5,6)18(2)29-34)7-10-24-20(31)15-35-16-21(32)25-13-14-30/h14,17-19,26-27H,7-13,15-16H2,1-6H3,(H,24,31)(H,25,32). The van der Waals surface area contributed by atoms with Crippen LogP contribution in [0.1, 0.15) is 60.8 Å². The van der Waals surface area contributed by atoms with Crippen LogP contribution in [0.25, 0.3) is 0 Å². The van der Waals surface area contributed by atoms with E-state index in [1.165, 1.54) is 0 Å². The molecule has 0 radical (unpaired) electrons. The van der Waals surface area contributed by atoms with Crippen molar-refractivity contribution in [1.29, 1.82) is 0 Å². The van der Waals surface area contributed by atoms with Gasteiger partial charge in [0.2, 0.25) is 11.8 Å². The number of ether oxygens (including phenoxy) is 1. The average molecular weight is 501 g/mol. The summed E-state index contributed by atoms with van der Waals surface area (Å²) in [5.41, 5.74) is -0.859. The quantitative estimate of drug-likeness (QED) is 0.135. The number of amides is 2. The first kappa shape index (κ1) is 32.7. The summed E-state index contributed by atoms with van der Waals surface area (Å²) in [6, 6.07) is -0.749. The number of carbonyl (C=O) groups excluding carboxylic acids is 3. The molecule has 0 aromatic rings. The molecule has 0 bridgehead atoms. The van der Waals surface area contributed by atoms with E-state index >= 15 is 0 Å². The van der Waals surface area contributed by atoms with Crippen LogP contribution in [-0.4, -0.2) is 80.7 Å². The molecule has 0 aliphatic heterocycles. The second-order valence-electron chi connectivity index (χ2n) is 9.91. The largest absolute Gasteiger partial charge is 0.362 e. The van der Waals surface area contributed by atoms with Gasteiger partial charge in [-0.05, 0) is 79.8 Å². The molecule has 0 spiro atoms. The average Bonchev–Trinajstić information content (AvgIpc) is 2.80. The molecule has 0 aliphatic carbocycles. The van der Waals surface area contributed by atoms with E-state index in [-0.39, 0.29) is 43.7 Å². The third kappa shape index (κ3) is 14.6. The summed E-state index contributed by atoms with van der Waals surface area (Å²) in [5, 5.41) is 18.1. The van der Waals surface area contributed by atoms with Crippen LogP contribution < -0.4 is 21.3 Å². The minimum absolute atomic E-state index is 0.0942. The molecule has 4 N–H and O–H groups in total. The van der Waals surface area contributed by atoms with Gasteiger partial charge >= 0.3 is 0 Å². The van der Waals surface area contributed by atoms with E-state index in [0.29, 0.717) is 25.9 Å². The molecule has 2 amide bonds. The zero-order valence-corrected chi connectivity index (χ0v) is 22.0. The first-order valence-electron chi connectivity index (χ1n) is 12.1. The molecule has 0 aliphatic rings. The van der Waals surface area contributed by atoms with Crippen molar-refractivity contribution in [2.24, 2.45) is 16.3 Å². The van der Waals surface area contributed by atoms with Gasteiger partial charge in [-0.3, -0.25) is 9.59 Å². The van der Waals surface area contributed by atoms with Gasteiger partial charge in [0.05, 0.1) is 6.54 Å². The van der Waals surface area contributed by atoms with Crippen LogP contribution in [0.2, 0.25) is 0 Å². The summed E-state index contributed by atoms with van der Waals surface area (Å²) >= 11 is 0. The highest BCUT2D eigenvalue weighted by Crippen LogP contribution is 2.17. The van der Waals surface area contributed by atoms with Gasteiger partial charge < -0.3 is 30.8 Å². The molecule has 35 heavy (non-hydrogen) atoms. The maximum Gasteiger partial charge on any atom is 0.246 e. The molecule has 2 unspecified atom stereocenters. The summed E-state index contributed by atoms with van der Waals surface area (Å²) in [6.07, 6.45) is 2.93. The summed E-state index contributed by atoms with van der Waals surface area (Å²) in [7, 11) is 0. The van der Waals surface area contributed by atoms with Gasteiger partial charge in [0.1, 0.15) is 31.6 Å². The fraction of sp³-hybridized carbons (Fsp3) is 0.870. The van der Waals surface area contributed by atoms with E-state index in [2.05, 4.69) is 31.6 Å². The highest BCUT2D eigenvalue weighted by Gasteiger charge is 2.27. The Kier molecular flexibility index (Phi) is 16.0. The van der Waals surface area contributed by atoms with Gasteiger partial charge in [0, 0.05) is 17.6 Å². The predicted molar refractivity (Wildman–Crippen MR) is 135 cm³/mol. The van der Waals surface area contributed by atoms with Crippen LogP contribution in [-0.2, 0) is 19.1 Å². The molecule has 0 rings (SSSR count). The number of aldehydes is 1. The lowest BCUT2D eigenvalue weighted by Crippen LogP contribution is -2.48. The Balaban J connectivity index is 4.64. The fourth-order valence-corrected chi connectivity index (χ4v) is 3.10. The molecule has 0 aromatic heterocycles. The Bertz CT molecular complexity index is 641. The normalized spacial score (nSPS) is 14.5. The Labute approximate surface area is 208 Å². The maximum absolute atomic E-state index is 12.0. The zero-order chi connectivity index (χ0) is 26.9. The molecule has 0 saturated heterocycles. The van der Waals surface area contributed by atoms with Crippen molar-refractivity contribution in [3.05, 3.63) is 9.81 Å². The molecular formula is C23H44N6O6. The van der Waals surface area contributed by atoms with Gasteiger partial charge in [-0.25, -0.2) is 0 Å². The van der Waals surface area contributed by atoms with Crippen LogP contribution in [0.5, 0.6) is 0 Å². The molecule has 0 aromatic carbocycles. The van der Waals surface area contributed by atoms with Crippen LogP contribution in [0.4, 0.5) is 0 Å². The molecular weight excluding hydrogens is 456 g/mol. The van der Waals surface area contributed by atoms with Crippen molar-refractivity contribution in [3.63, 3.8) is 0 Å². The number of rotatable bonds is 21. The third-order valence-electron chi connectivity index (χ3n) is 6.40. The summed E-state index contributed by atoms with van der Waals surface area (Å²) in [5.74, 6) is -0.535. The van der Waals surface area contributed by atoms with Gasteiger partial charge in [-0.15, -0.1) is 0 Å². The molecule has 0 fully saturated rings. The van der Waals surface area contributed by atoms with E-state index in [4.69, 9.17) is 4.74 Å². The van der Waals surface area contributed by atoms with Crippen molar-refractivity contribution in [3.8, 4) is 0 Å². The monoisotopic (exact) mass is 500 g/mol. The molecule has 0 heterocycles. The van der Waals surface area contributed by atoms with Crippen molar-refractivity contribution in [2.75, 3.05) is 39.4 Å². The van der Waals surface area contributed by atoms with Gasteiger partial charge in [-0.2, -0.15) is 9.81 Å². The van der Waals surface area contributed by atoms with Crippen LogP contribution in [0.15, 0.2) is 10.4 Å². The highest BCUT2D eigenvalue weighted by atomic mass is 16.5. The molecule has 12 nitrogen and oxygen atoms in total. The number of hydrogen-bond donors (Lipinski definition) is 4. The van der Waals surface area contributed by atoms with Crippen molar-refractivity contribution < 1.29 is 19.1 Å². The first-order chi connectivity index (χ1) is 16.4. The first-order valence-corrected chi connectivity index (χ1v) is 12.1. The number of carbonyl (C=O) groups is 3. The number of hydrogen-bond acceptors (Lipinski definition) is 10. The topological polar surface area (TPSA) is 167 Å². The Morgan fingerprint density at radius 1 is 0.800 bits per heavy atom. The van der Waals surface area contributed by atoms with Crippen LogP contribution >= 0.6 is 0 Å². The molecule has 0 saturated carbocycles. The summed E-state index contributed by atoms with van der Waals surface area (Å²) in [4.78, 5) is 55.4. The minimum Gasteiger partial charge on any atom is -0.362 e. The van der Waals surface area contributed by atoms with E-state index in [0.717, 1.165) is 19.3 Å². The van der Waals surface area contributed by atoms with Gasteiger partial charge in [0.15, 0.2) is 0 Å². The number of nitroso groups, excluding NO2 is 2. The van der Waals surface area contributed by atoms with Crippen molar-refractivity contribution in [1.82, 2.24) is 21.3 Å². The Morgan fingerprint density at radius 3 is 1.66 bits per heavy atom. The predicted octanol–water partition coefficient (Wildman–Crippen LogP) is 1.27. The Hall–Kier alpha value is -2.31. The summed E-state index contributed by atoms with van der Waals surface area (Å²) in [6.45, 7) is 12.4.